The lowest BCUT2D eigenvalue weighted by molar-refractivity contribution is -0.124. The van der Waals surface area contributed by atoms with E-state index in [0.717, 1.165) is 31.0 Å². The fourth-order valence-corrected chi connectivity index (χ4v) is 5.81. The molecule has 3 aliphatic rings. The van der Waals surface area contributed by atoms with E-state index in [0.29, 0.717) is 23.8 Å². The maximum atomic E-state index is 12.6. The van der Waals surface area contributed by atoms with Crippen LogP contribution in [0.1, 0.15) is 66.2 Å². The zero-order valence-corrected chi connectivity index (χ0v) is 19.7. The largest absolute Gasteiger partial charge is 0.379 e. The molecule has 2 saturated heterocycles. The Morgan fingerprint density at radius 2 is 1.77 bits per heavy atom. The summed E-state index contributed by atoms with van der Waals surface area (Å²) in [6, 6.07) is 0.453. The average Bonchev–Trinajstić information content (AvgIpc) is 3.09. The Kier molecular flexibility index (Phi) is 7.67. The molecule has 170 valence electrons. The van der Waals surface area contributed by atoms with Crippen molar-refractivity contribution < 1.29 is 4.79 Å². The first-order valence-corrected chi connectivity index (χ1v) is 12.1. The van der Waals surface area contributed by atoms with Gasteiger partial charge >= 0.3 is 0 Å². The fourth-order valence-electron chi connectivity index (χ4n) is 5.81. The molecule has 0 radical (unpaired) electrons. The lowest BCUT2D eigenvalue weighted by atomic mass is 9.81. The Labute approximate surface area is 184 Å². The van der Waals surface area contributed by atoms with Crippen LogP contribution in [0.4, 0.5) is 0 Å². The summed E-state index contributed by atoms with van der Waals surface area (Å²) in [5.74, 6) is 1.80. The predicted molar refractivity (Wildman–Crippen MR) is 125 cm³/mol. The summed E-state index contributed by atoms with van der Waals surface area (Å²) in [6.07, 6.45) is 7.46. The van der Waals surface area contributed by atoms with E-state index in [2.05, 4.69) is 49.0 Å². The Bertz CT molecular complexity index is 639. The van der Waals surface area contributed by atoms with Gasteiger partial charge in [-0.1, -0.05) is 53.2 Å². The average molecular weight is 417 g/mol. The first kappa shape index (κ1) is 23.3. The van der Waals surface area contributed by atoms with E-state index in [-0.39, 0.29) is 23.9 Å². The quantitative estimate of drug-likeness (QED) is 0.634. The summed E-state index contributed by atoms with van der Waals surface area (Å²) in [5, 5.41) is 3.71. The van der Waals surface area contributed by atoms with Gasteiger partial charge in [0.25, 0.3) is 0 Å². The first-order valence-electron chi connectivity index (χ1n) is 12.1. The number of carbonyl (C=O) groups is 1. The molecule has 5 nitrogen and oxygen atoms in total. The summed E-state index contributed by atoms with van der Waals surface area (Å²) >= 11 is 0. The Morgan fingerprint density at radius 3 is 2.37 bits per heavy atom. The summed E-state index contributed by atoms with van der Waals surface area (Å²) in [5.41, 5.74) is 8.38. The van der Waals surface area contributed by atoms with Gasteiger partial charge in [0, 0.05) is 43.1 Å². The van der Waals surface area contributed by atoms with Crippen molar-refractivity contribution in [2.45, 2.75) is 90.4 Å². The molecule has 3 fully saturated rings. The van der Waals surface area contributed by atoms with Crippen molar-refractivity contribution in [3.8, 4) is 0 Å². The van der Waals surface area contributed by atoms with Crippen LogP contribution in [0, 0.1) is 17.8 Å². The third-order valence-corrected chi connectivity index (χ3v) is 7.71. The SMILES string of the molecule is C=C(NC(C(=C)N1CC2CC(C)CN2CC1C(C)=O)C1CCCCC1)C(N)C(C)C. The van der Waals surface area contributed by atoms with Crippen molar-refractivity contribution in [2.24, 2.45) is 23.5 Å². The maximum Gasteiger partial charge on any atom is 0.153 e. The van der Waals surface area contributed by atoms with Gasteiger partial charge in [0.2, 0.25) is 0 Å². The van der Waals surface area contributed by atoms with E-state index in [9.17, 15) is 4.79 Å². The molecule has 5 unspecified atom stereocenters. The highest BCUT2D eigenvalue weighted by Gasteiger charge is 2.42. The van der Waals surface area contributed by atoms with Crippen LogP contribution in [0.2, 0.25) is 0 Å². The number of rotatable bonds is 8. The molecule has 3 rings (SSSR count). The zero-order valence-electron chi connectivity index (χ0n) is 19.7. The van der Waals surface area contributed by atoms with Gasteiger partial charge in [-0.3, -0.25) is 9.69 Å². The van der Waals surface area contributed by atoms with Crippen LogP contribution in [0.25, 0.3) is 0 Å². The summed E-state index contributed by atoms with van der Waals surface area (Å²) in [4.78, 5) is 17.5. The monoisotopic (exact) mass is 416 g/mol. The van der Waals surface area contributed by atoms with Crippen molar-refractivity contribution in [1.29, 1.82) is 0 Å². The summed E-state index contributed by atoms with van der Waals surface area (Å²) in [7, 11) is 0. The highest BCUT2D eigenvalue weighted by atomic mass is 16.1. The van der Waals surface area contributed by atoms with Crippen LogP contribution >= 0.6 is 0 Å². The van der Waals surface area contributed by atoms with E-state index in [1.54, 1.807) is 6.92 Å². The molecule has 0 aromatic rings. The van der Waals surface area contributed by atoms with Gasteiger partial charge in [0.15, 0.2) is 5.78 Å². The lowest BCUT2D eigenvalue weighted by Gasteiger charge is -2.48. The normalized spacial score (nSPS) is 30.1. The standard InChI is InChI=1S/C25H44N4O/c1-16(2)24(26)18(4)27-25(21-10-8-7-9-11-21)19(5)29-14-22-12-17(3)13-28(22)15-23(29)20(6)30/h16-17,21-25,27H,4-5,7-15,26H2,1-3,6H3. The van der Waals surface area contributed by atoms with Gasteiger partial charge in [0.1, 0.15) is 0 Å². The van der Waals surface area contributed by atoms with Crippen LogP contribution < -0.4 is 11.1 Å². The third kappa shape index (κ3) is 5.11. The second-order valence-corrected chi connectivity index (χ2v) is 10.5. The molecule has 0 aromatic carbocycles. The van der Waals surface area contributed by atoms with Crippen molar-refractivity contribution in [3.63, 3.8) is 0 Å². The smallest absolute Gasteiger partial charge is 0.153 e. The van der Waals surface area contributed by atoms with Gasteiger partial charge in [-0.2, -0.15) is 0 Å². The number of carbonyl (C=O) groups excluding carboxylic acids is 1. The van der Waals surface area contributed by atoms with Gasteiger partial charge in [-0.05, 0) is 43.9 Å². The first-order chi connectivity index (χ1) is 14.2. The van der Waals surface area contributed by atoms with E-state index >= 15 is 0 Å². The number of fused-ring (bicyclic) bond motifs is 1. The molecule has 0 aromatic heterocycles. The van der Waals surface area contributed by atoms with Gasteiger partial charge in [-0.15, -0.1) is 0 Å². The predicted octanol–water partition coefficient (Wildman–Crippen LogP) is 3.52. The molecule has 1 aliphatic carbocycles. The summed E-state index contributed by atoms with van der Waals surface area (Å²) < 4.78 is 0. The Hall–Kier alpha value is -1.33. The highest BCUT2D eigenvalue weighted by molar-refractivity contribution is 5.82. The molecule has 5 heteroatoms. The molecule has 5 atom stereocenters. The molecule has 3 N–H and O–H groups in total. The fraction of sp³-hybridized carbons (Fsp3) is 0.800. The maximum absolute atomic E-state index is 12.6. The number of nitrogens with one attached hydrogen (secondary N) is 1. The van der Waals surface area contributed by atoms with Crippen LogP contribution in [-0.4, -0.2) is 59.4 Å². The van der Waals surface area contributed by atoms with Crippen molar-refractivity contribution >= 4 is 5.78 Å². The Balaban J connectivity index is 1.82. The molecular formula is C25H44N4O. The second kappa shape index (κ2) is 9.86. The molecule has 2 aliphatic heterocycles. The minimum absolute atomic E-state index is 0.0833. The van der Waals surface area contributed by atoms with Gasteiger partial charge in [0.05, 0.1) is 12.1 Å². The zero-order chi connectivity index (χ0) is 22.0. The molecule has 0 bridgehead atoms. The highest BCUT2D eigenvalue weighted by Crippen LogP contribution is 2.35. The molecule has 30 heavy (non-hydrogen) atoms. The number of hydrogen-bond donors (Lipinski definition) is 2. The number of nitrogens with two attached hydrogens (primary N) is 1. The molecule has 0 spiro atoms. The number of ketones is 1. The van der Waals surface area contributed by atoms with Crippen molar-refractivity contribution in [2.75, 3.05) is 19.6 Å². The minimum atomic E-state index is -0.0982. The Morgan fingerprint density at radius 1 is 1.10 bits per heavy atom. The number of hydrogen-bond acceptors (Lipinski definition) is 5. The van der Waals surface area contributed by atoms with Crippen LogP contribution in [0.5, 0.6) is 0 Å². The number of Topliss-reactive ketones (excluding diaryl/α,β-unsaturated/α-hetero) is 1. The number of nitrogens with zero attached hydrogens (tertiary/aromatic N) is 2. The molecular weight excluding hydrogens is 372 g/mol. The van der Waals surface area contributed by atoms with Gasteiger partial charge < -0.3 is 16.0 Å². The van der Waals surface area contributed by atoms with E-state index in [1.165, 1.54) is 38.5 Å². The van der Waals surface area contributed by atoms with Crippen LogP contribution in [0.15, 0.2) is 24.6 Å². The van der Waals surface area contributed by atoms with E-state index in [4.69, 9.17) is 5.73 Å². The number of piperazine rings is 1. The van der Waals surface area contributed by atoms with Crippen molar-refractivity contribution in [1.82, 2.24) is 15.1 Å². The second-order valence-electron chi connectivity index (χ2n) is 10.5. The molecule has 0 amide bonds. The van der Waals surface area contributed by atoms with Crippen LogP contribution in [0.3, 0.4) is 0 Å². The van der Waals surface area contributed by atoms with Gasteiger partial charge in [-0.25, -0.2) is 0 Å². The van der Waals surface area contributed by atoms with Crippen LogP contribution in [-0.2, 0) is 4.79 Å². The van der Waals surface area contributed by atoms with Crippen molar-refractivity contribution in [3.05, 3.63) is 24.6 Å². The summed E-state index contributed by atoms with van der Waals surface area (Å²) in [6.45, 7) is 20.0. The molecule has 1 saturated carbocycles. The lowest BCUT2D eigenvalue weighted by Crippen LogP contribution is -2.60. The third-order valence-electron chi connectivity index (χ3n) is 7.71. The van der Waals surface area contributed by atoms with E-state index < -0.39 is 0 Å². The topological polar surface area (TPSA) is 61.6 Å². The minimum Gasteiger partial charge on any atom is -0.379 e. The molecule has 2 heterocycles. The van der Waals surface area contributed by atoms with E-state index in [1.807, 2.05) is 0 Å².